The van der Waals surface area contributed by atoms with Crippen LogP contribution in [0.1, 0.15) is 23.0 Å². The monoisotopic (exact) mass is 290 g/mol. The average molecular weight is 290 g/mol. The second-order valence-corrected chi connectivity index (χ2v) is 4.42. The number of anilines is 1. The maximum Gasteiger partial charge on any atom is 0.433 e. The normalized spacial score (nSPS) is 10.4. The number of aryl methyl sites for hydroxylation is 1. The summed E-state index contributed by atoms with van der Waals surface area (Å²) in [4.78, 5) is 23.7. The van der Waals surface area contributed by atoms with E-state index in [-0.39, 0.29) is 11.5 Å². The Morgan fingerprint density at radius 1 is 1.38 bits per heavy atom. The molecule has 1 N–H and O–H groups in total. The van der Waals surface area contributed by atoms with E-state index in [1.807, 2.05) is 0 Å². The zero-order valence-corrected chi connectivity index (χ0v) is 11.6. The maximum absolute atomic E-state index is 12.4. The lowest BCUT2D eigenvalue weighted by atomic mass is 10.1. The number of hydrogen-bond donors (Lipinski definition) is 1. The quantitative estimate of drug-likeness (QED) is 0.689. The van der Waals surface area contributed by atoms with E-state index >= 15 is 0 Å². The second-order valence-electron chi connectivity index (χ2n) is 4.42. The minimum atomic E-state index is -0.702. The van der Waals surface area contributed by atoms with Crippen molar-refractivity contribution >= 4 is 17.5 Å². The molecule has 0 aliphatic carbocycles. The van der Waals surface area contributed by atoms with E-state index in [0.29, 0.717) is 12.2 Å². The molecule has 0 unspecified atom stereocenters. The van der Waals surface area contributed by atoms with Crippen molar-refractivity contribution in [2.75, 3.05) is 11.4 Å². The van der Waals surface area contributed by atoms with Crippen molar-refractivity contribution in [3.8, 4) is 5.75 Å². The fraction of sp³-hybridized carbons (Fsp3) is 0.214. The predicted octanol–water partition coefficient (Wildman–Crippen LogP) is 2.87. The molecule has 0 fully saturated rings. The topological polar surface area (TPSA) is 96.8 Å². The number of amides is 1. The van der Waals surface area contributed by atoms with Gasteiger partial charge in [0.15, 0.2) is 5.76 Å². The van der Waals surface area contributed by atoms with Gasteiger partial charge in [0.1, 0.15) is 10.7 Å². The summed E-state index contributed by atoms with van der Waals surface area (Å²) in [7, 11) is 0. The van der Waals surface area contributed by atoms with Gasteiger partial charge in [0.25, 0.3) is 5.91 Å². The molecule has 2 rings (SSSR count). The third-order valence-corrected chi connectivity index (χ3v) is 3.03. The molecule has 110 valence electrons. The Morgan fingerprint density at radius 3 is 2.67 bits per heavy atom. The standard InChI is InChI=1S/C14H14N2O5/c1-3-15(11-8-10(17)5-4-9(11)2)14(18)12-6-7-13(21-12)16(19)20/h4-8,17H,3H2,1-2H3. The van der Waals surface area contributed by atoms with Crippen molar-refractivity contribution in [2.45, 2.75) is 13.8 Å². The molecular formula is C14H14N2O5. The van der Waals surface area contributed by atoms with Crippen LogP contribution in [0.25, 0.3) is 0 Å². The van der Waals surface area contributed by atoms with E-state index < -0.39 is 16.7 Å². The zero-order chi connectivity index (χ0) is 15.6. The summed E-state index contributed by atoms with van der Waals surface area (Å²) in [5.41, 5.74) is 1.32. The summed E-state index contributed by atoms with van der Waals surface area (Å²) < 4.78 is 4.93. The van der Waals surface area contributed by atoms with E-state index in [0.717, 1.165) is 11.6 Å². The summed E-state index contributed by atoms with van der Waals surface area (Å²) in [6.07, 6.45) is 0. The number of furan rings is 1. The van der Waals surface area contributed by atoms with E-state index in [4.69, 9.17) is 4.42 Å². The van der Waals surface area contributed by atoms with Crippen LogP contribution in [0, 0.1) is 17.0 Å². The van der Waals surface area contributed by atoms with Crippen molar-refractivity contribution in [2.24, 2.45) is 0 Å². The molecule has 0 aliphatic heterocycles. The Balaban J connectivity index is 2.38. The number of nitrogens with zero attached hydrogens (tertiary/aromatic N) is 2. The number of aromatic hydroxyl groups is 1. The molecule has 0 radical (unpaired) electrons. The van der Waals surface area contributed by atoms with Crippen LogP contribution in [-0.4, -0.2) is 22.5 Å². The van der Waals surface area contributed by atoms with Gasteiger partial charge in [-0.05, 0) is 31.5 Å². The molecule has 2 aromatic rings. The van der Waals surface area contributed by atoms with Gasteiger partial charge >= 0.3 is 5.88 Å². The van der Waals surface area contributed by atoms with Gasteiger partial charge in [-0.3, -0.25) is 14.9 Å². The minimum Gasteiger partial charge on any atom is -0.508 e. The lowest BCUT2D eigenvalue weighted by Gasteiger charge is -2.21. The smallest absolute Gasteiger partial charge is 0.433 e. The summed E-state index contributed by atoms with van der Waals surface area (Å²) in [5, 5.41) is 20.2. The van der Waals surface area contributed by atoms with Gasteiger partial charge in [-0.15, -0.1) is 0 Å². The number of carbonyl (C=O) groups excluding carboxylic acids is 1. The Hall–Kier alpha value is -2.83. The van der Waals surface area contributed by atoms with E-state index in [1.165, 1.54) is 23.1 Å². The molecule has 0 aliphatic rings. The van der Waals surface area contributed by atoms with Gasteiger partial charge in [-0.2, -0.15) is 0 Å². The Bertz CT molecular complexity index is 692. The Labute approximate surface area is 120 Å². The zero-order valence-electron chi connectivity index (χ0n) is 11.6. The molecule has 1 amide bonds. The third-order valence-electron chi connectivity index (χ3n) is 3.03. The van der Waals surface area contributed by atoms with Crippen LogP contribution in [0.5, 0.6) is 5.75 Å². The summed E-state index contributed by atoms with van der Waals surface area (Å²) in [6.45, 7) is 3.89. The van der Waals surface area contributed by atoms with Crippen LogP contribution < -0.4 is 4.90 Å². The van der Waals surface area contributed by atoms with Crippen LogP contribution in [0.2, 0.25) is 0 Å². The van der Waals surface area contributed by atoms with Crippen molar-refractivity contribution in [1.29, 1.82) is 0 Å². The molecule has 0 saturated carbocycles. The lowest BCUT2D eigenvalue weighted by Crippen LogP contribution is -2.30. The minimum absolute atomic E-state index is 0.0345. The predicted molar refractivity (Wildman–Crippen MR) is 75.6 cm³/mol. The molecule has 0 spiro atoms. The van der Waals surface area contributed by atoms with Crippen molar-refractivity contribution in [3.63, 3.8) is 0 Å². The molecule has 0 saturated heterocycles. The highest BCUT2D eigenvalue weighted by atomic mass is 16.6. The molecule has 7 nitrogen and oxygen atoms in total. The number of nitro groups is 1. The van der Waals surface area contributed by atoms with Gasteiger partial charge < -0.3 is 14.4 Å². The van der Waals surface area contributed by atoms with Crippen molar-refractivity contribution in [1.82, 2.24) is 0 Å². The highest BCUT2D eigenvalue weighted by Gasteiger charge is 2.23. The third kappa shape index (κ3) is 2.86. The van der Waals surface area contributed by atoms with Crippen LogP contribution in [0.3, 0.4) is 0 Å². The molecular weight excluding hydrogens is 276 g/mol. The Morgan fingerprint density at radius 2 is 2.10 bits per heavy atom. The molecule has 1 heterocycles. The number of benzene rings is 1. The number of phenols is 1. The van der Waals surface area contributed by atoms with Crippen LogP contribution in [0.15, 0.2) is 34.7 Å². The number of carbonyl (C=O) groups is 1. The van der Waals surface area contributed by atoms with Gasteiger partial charge in [0.05, 0.1) is 11.8 Å². The Kier molecular flexibility index (Phi) is 3.93. The molecule has 0 atom stereocenters. The summed E-state index contributed by atoms with van der Waals surface area (Å²) in [5.74, 6) is -1.07. The average Bonchev–Trinajstić information content (AvgIpc) is 2.93. The maximum atomic E-state index is 12.4. The summed E-state index contributed by atoms with van der Waals surface area (Å²) in [6, 6.07) is 7.08. The van der Waals surface area contributed by atoms with Crippen molar-refractivity contribution in [3.05, 3.63) is 51.8 Å². The first-order valence-electron chi connectivity index (χ1n) is 6.29. The fourth-order valence-electron chi connectivity index (χ4n) is 1.99. The van der Waals surface area contributed by atoms with Crippen LogP contribution in [0.4, 0.5) is 11.6 Å². The molecule has 7 heteroatoms. The molecule has 0 bridgehead atoms. The SMILES string of the molecule is CCN(C(=O)c1ccc([N+](=O)[O-])o1)c1cc(O)ccc1C. The van der Waals surface area contributed by atoms with Gasteiger partial charge in [0.2, 0.25) is 0 Å². The van der Waals surface area contributed by atoms with Gasteiger partial charge in [0, 0.05) is 12.6 Å². The number of rotatable bonds is 4. The van der Waals surface area contributed by atoms with Gasteiger partial charge in [-0.25, -0.2) is 0 Å². The first-order valence-corrected chi connectivity index (χ1v) is 6.29. The largest absolute Gasteiger partial charge is 0.508 e. The number of hydrogen-bond acceptors (Lipinski definition) is 5. The first-order chi connectivity index (χ1) is 9.93. The first kappa shape index (κ1) is 14.6. The van der Waals surface area contributed by atoms with Crippen molar-refractivity contribution < 1.29 is 19.2 Å². The van der Waals surface area contributed by atoms with E-state index in [2.05, 4.69) is 0 Å². The lowest BCUT2D eigenvalue weighted by molar-refractivity contribution is -0.402. The molecule has 1 aromatic heterocycles. The van der Waals surface area contributed by atoms with Crippen LogP contribution in [-0.2, 0) is 0 Å². The number of phenolic OH excluding ortho intramolecular Hbond substituents is 1. The highest BCUT2D eigenvalue weighted by Crippen LogP contribution is 2.27. The fourth-order valence-corrected chi connectivity index (χ4v) is 1.99. The highest BCUT2D eigenvalue weighted by molar-refractivity contribution is 6.04. The summed E-state index contributed by atoms with van der Waals surface area (Å²) >= 11 is 0. The second kappa shape index (κ2) is 5.66. The van der Waals surface area contributed by atoms with Crippen LogP contribution >= 0.6 is 0 Å². The molecule has 21 heavy (non-hydrogen) atoms. The molecule has 1 aromatic carbocycles. The van der Waals surface area contributed by atoms with Gasteiger partial charge in [-0.1, -0.05) is 6.07 Å². The van der Waals surface area contributed by atoms with E-state index in [9.17, 15) is 20.0 Å². The van der Waals surface area contributed by atoms with E-state index in [1.54, 1.807) is 19.9 Å².